The number of aromatic amines is 1. The average molecular weight is 671 g/mol. The van der Waals surface area contributed by atoms with E-state index in [1.807, 2.05) is 6.07 Å². The number of hydrazone groups is 1. The van der Waals surface area contributed by atoms with Gasteiger partial charge in [0.2, 0.25) is 0 Å². The van der Waals surface area contributed by atoms with Crippen molar-refractivity contribution in [2.45, 2.75) is 6.92 Å². The first kappa shape index (κ1) is 31.2. The number of ether oxygens (including phenoxy) is 3. The highest BCUT2D eigenvalue weighted by Gasteiger charge is 2.23. The zero-order chi connectivity index (χ0) is 31.4. The SMILES string of the molecule is CCOc1cc(C=NNC(=O)c2[nH]c3cc(Cl)cc(Cl)c3c2-c2ccccc2Cl)ccc1OC(=O)c1cc(Cl)ccc1OC. The Morgan fingerprint density at radius 1 is 0.886 bits per heavy atom. The minimum absolute atomic E-state index is 0.160. The number of benzene rings is 4. The van der Waals surface area contributed by atoms with Crippen molar-refractivity contribution in [2.24, 2.45) is 5.10 Å². The molecule has 8 nitrogen and oxygen atoms in total. The number of hydrogen-bond donors (Lipinski definition) is 2. The normalized spacial score (nSPS) is 11.1. The van der Waals surface area contributed by atoms with Gasteiger partial charge in [0.25, 0.3) is 5.91 Å². The maximum Gasteiger partial charge on any atom is 0.347 e. The Hall–Kier alpha value is -4.21. The highest BCUT2D eigenvalue weighted by Crippen LogP contribution is 2.41. The fraction of sp³-hybridized carbons (Fsp3) is 0.0938. The monoisotopic (exact) mass is 669 g/mol. The number of aromatic nitrogens is 1. The summed E-state index contributed by atoms with van der Waals surface area (Å²) in [7, 11) is 1.44. The molecule has 12 heteroatoms. The molecule has 0 spiro atoms. The van der Waals surface area contributed by atoms with Crippen molar-refractivity contribution in [3.05, 3.63) is 110 Å². The molecule has 5 aromatic rings. The first-order valence-electron chi connectivity index (χ1n) is 13.1. The molecule has 224 valence electrons. The summed E-state index contributed by atoms with van der Waals surface area (Å²) >= 11 is 25.3. The highest BCUT2D eigenvalue weighted by atomic mass is 35.5. The molecule has 0 unspecified atom stereocenters. The van der Waals surface area contributed by atoms with E-state index < -0.39 is 11.9 Å². The molecular formula is C32H23Cl4N3O5. The number of halogens is 4. The van der Waals surface area contributed by atoms with Crippen LogP contribution in [-0.2, 0) is 0 Å². The summed E-state index contributed by atoms with van der Waals surface area (Å²) in [5.41, 5.74) is 5.15. The van der Waals surface area contributed by atoms with E-state index in [2.05, 4.69) is 15.5 Å². The quantitative estimate of drug-likeness (QED) is 0.0706. The largest absolute Gasteiger partial charge is 0.496 e. The van der Waals surface area contributed by atoms with Crippen LogP contribution < -0.4 is 19.6 Å². The Labute approximate surface area is 272 Å². The van der Waals surface area contributed by atoms with Crippen LogP contribution in [0.2, 0.25) is 20.1 Å². The summed E-state index contributed by atoms with van der Waals surface area (Å²) in [4.78, 5) is 29.4. The average Bonchev–Trinajstić information content (AvgIpc) is 3.38. The molecule has 0 atom stereocenters. The van der Waals surface area contributed by atoms with Gasteiger partial charge in [0, 0.05) is 37.1 Å². The standard InChI is InChI=1S/C32H23Cl4N3O5/c1-3-43-27-12-17(8-10-26(27)44-32(41)21-13-18(33)9-11-25(21)42-2)16-37-39-31(40)30-28(20-6-4-5-7-22(20)35)29-23(36)14-19(34)15-24(29)38-30/h4-16,38H,3H2,1-2H3,(H,39,40). The number of amides is 1. The minimum Gasteiger partial charge on any atom is -0.496 e. The van der Waals surface area contributed by atoms with Gasteiger partial charge in [-0.3, -0.25) is 4.79 Å². The summed E-state index contributed by atoms with van der Waals surface area (Å²) in [6.45, 7) is 2.10. The Kier molecular flexibility index (Phi) is 9.66. The molecule has 5 rings (SSSR count). The smallest absolute Gasteiger partial charge is 0.347 e. The van der Waals surface area contributed by atoms with E-state index in [1.165, 1.54) is 19.4 Å². The number of fused-ring (bicyclic) bond motifs is 1. The van der Waals surface area contributed by atoms with Crippen LogP contribution in [0.5, 0.6) is 17.2 Å². The third kappa shape index (κ3) is 6.64. The van der Waals surface area contributed by atoms with Gasteiger partial charge in [0.15, 0.2) is 11.5 Å². The molecule has 1 amide bonds. The predicted molar refractivity (Wildman–Crippen MR) is 174 cm³/mol. The number of carbonyl (C=O) groups excluding carboxylic acids is 2. The number of carbonyl (C=O) groups is 2. The van der Waals surface area contributed by atoms with Gasteiger partial charge in [-0.1, -0.05) is 64.6 Å². The third-order valence-electron chi connectivity index (χ3n) is 6.42. The van der Waals surface area contributed by atoms with Gasteiger partial charge in [-0.05, 0) is 67.1 Å². The highest BCUT2D eigenvalue weighted by molar-refractivity contribution is 6.41. The summed E-state index contributed by atoms with van der Waals surface area (Å²) in [5, 5.41) is 6.29. The number of methoxy groups -OCH3 is 1. The van der Waals surface area contributed by atoms with Gasteiger partial charge in [-0.25, -0.2) is 10.2 Å². The van der Waals surface area contributed by atoms with Crippen LogP contribution in [0.1, 0.15) is 33.3 Å². The van der Waals surface area contributed by atoms with Crippen LogP contribution in [0.15, 0.2) is 77.9 Å². The summed E-state index contributed by atoms with van der Waals surface area (Å²) in [6.07, 6.45) is 1.42. The molecule has 0 bridgehead atoms. The van der Waals surface area contributed by atoms with E-state index in [9.17, 15) is 9.59 Å². The first-order chi connectivity index (χ1) is 21.2. The number of esters is 1. The maximum absolute atomic E-state index is 13.4. The molecule has 1 heterocycles. The molecule has 2 N–H and O–H groups in total. The summed E-state index contributed by atoms with van der Waals surface area (Å²) < 4.78 is 16.5. The van der Waals surface area contributed by atoms with Crippen molar-refractivity contribution >= 4 is 75.4 Å². The lowest BCUT2D eigenvalue weighted by molar-refractivity contribution is 0.0724. The molecule has 0 aliphatic carbocycles. The second-order valence-electron chi connectivity index (χ2n) is 9.24. The van der Waals surface area contributed by atoms with Gasteiger partial charge in [-0.2, -0.15) is 5.10 Å². The lowest BCUT2D eigenvalue weighted by Crippen LogP contribution is -2.19. The van der Waals surface area contributed by atoms with Gasteiger partial charge >= 0.3 is 5.97 Å². The van der Waals surface area contributed by atoms with E-state index in [0.29, 0.717) is 65.8 Å². The topological polar surface area (TPSA) is 102 Å². The number of rotatable bonds is 9. The molecule has 0 fully saturated rings. The fourth-order valence-electron chi connectivity index (χ4n) is 4.53. The third-order valence-corrected chi connectivity index (χ3v) is 7.50. The second-order valence-corrected chi connectivity index (χ2v) is 10.9. The van der Waals surface area contributed by atoms with Crippen LogP contribution in [0.25, 0.3) is 22.0 Å². The maximum atomic E-state index is 13.4. The molecule has 0 aliphatic heterocycles. The van der Waals surface area contributed by atoms with Crippen molar-refractivity contribution in [2.75, 3.05) is 13.7 Å². The van der Waals surface area contributed by atoms with Crippen LogP contribution in [0.3, 0.4) is 0 Å². The number of nitrogens with one attached hydrogen (secondary N) is 2. The Morgan fingerprint density at radius 2 is 1.66 bits per heavy atom. The van der Waals surface area contributed by atoms with E-state index in [0.717, 1.165) is 0 Å². The van der Waals surface area contributed by atoms with Crippen molar-refractivity contribution in [1.29, 1.82) is 0 Å². The van der Waals surface area contributed by atoms with Crippen molar-refractivity contribution < 1.29 is 23.8 Å². The molecule has 4 aromatic carbocycles. The lowest BCUT2D eigenvalue weighted by Gasteiger charge is -2.13. The molecule has 0 saturated carbocycles. The Balaban J connectivity index is 1.40. The lowest BCUT2D eigenvalue weighted by atomic mass is 10.0. The summed E-state index contributed by atoms with van der Waals surface area (Å²) in [6, 6.07) is 19.9. The first-order valence-corrected chi connectivity index (χ1v) is 14.6. The van der Waals surface area contributed by atoms with Crippen LogP contribution >= 0.6 is 46.4 Å². The Bertz CT molecular complexity index is 1920. The van der Waals surface area contributed by atoms with Crippen LogP contribution in [-0.4, -0.2) is 36.8 Å². The zero-order valence-electron chi connectivity index (χ0n) is 23.2. The summed E-state index contributed by atoms with van der Waals surface area (Å²) in [5.74, 6) is -0.424. The zero-order valence-corrected chi connectivity index (χ0v) is 26.2. The van der Waals surface area contributed by atoms with Crippen LogP contribution in [0, 0.1) is 0 Å². The number of hydrogen-bond acceptors (Lipinski definition) is 6. The van der Waals surface area contributed by atoms with E-state index >= 15 is 0 Å². The van der Waals surface area contributed by atoms with Gasteiger partial charge in [-0.15, -0.1) is 0 Å². The number of H-pyrrole nitrogens is 1. The van der Waals surface area contributed by atoms with Crippen molar-refractivity contribution in [1.82, 2.24) is 10.4 Å². The van der Waals surface area contributed by atoms with Crippen molar-refractivity contribution in [3.63, 3.8) is 0 Å². The van der Waals surface area contributed by atoms with Gasteiger partial charge < -0.3 is 19.2 Å². The minimum atomic E-state index is -0.673. The molecule has 1 aromatic heterocycles. The number of nitrogens with zero attached hydrogens (tertiary/aromatic N) is 1. The van der Waals surface area contributed by atoms with Crippen molar-refractivity contribution in [3.8, 4) is 28.4 Å². The van der Waals surface area contributed by atoms with E-state index in [-0.39, 0.29) is 17.0 Å². The molecule has 0 radical (unpaired) electrons. The second kappa shape index (κ2) is 13.6. The predicted octanol–water partition coefficient (Wildman–Crippen LogP) is 8.84. The molecule has 44 heavy (non-hydrogen) atoms. The fourth-order valence-corrected chi connectivity index (χ4v) is 5.52. The van der Waals surface area contributed by atoms with Crippen LogP contribution in [0.4, 0.5) is 0 Å². The van der Waals surface area contributed by atoms with E-state index in [1.54, 1.807) is 67.6 Å². The van der Waals surface area contributed by atoms with Gasteiger partial charge in [0.05, 0.1) is 25.0 Å². The molecular weight excluding hydrogens is 648 g/mol. The Morgan fingerprint density at radius 3 is 2.41 bits per heavy atom. The van der Waals surface area contributed by atoms with Gasteiger partial charge in [0.1, 0.15) is 17.0 Å². The van der Waals surface area contributed by atoms with E-state index in [4.69, 9.17) is 60.6 Å². The molecule has 0 aliphatic rings. The molecule has 0 saturated heterocycles.